The van der Waals surface area contributed by atoms with E-state index < -0.39 is 0 Å². The zero-order valence-electron chi connectivity index (χ0n) is 19.7. The smallest absolute Gasteiger partial charge is 0.185 e. The molecule has 0 aliphatic heterocycles. The van der Waals surface area contributed by atoms with E-state index in [1.54, 1.807) is 72.8 Å². The first-order valence-electron chi connectivity index (χ1n) is 11.2. The van der Waals surface area contributed by atoms with Crippen LogP contribution in [0, 0.1) is 0 Å². The molecule has 0 unspecified atom stereocenters. The summed E-state index contributed by atoms with van der Waals surface area (Å²) >= 11 is 0. The van der Waals surface area contributed by atoms with Crippen LogP contribution in [-0.2, 0) is 0 Å². The van der Waals surface area contributed by atoms with Crippen LogP contribution < -0.4 is 22.9 Å². The minimum atomic E-state index is -0.0579. The molecule has 180 valence electrons. The number of allylic oxidation sites excluding steroid dienone is 2. The molecule has 0 fully saturated rings. The first kappa shape index (κ1) is 25.5. The van der Waals surface area contributed by atoms with Crippen molar-refractivity contribution in [3.63, 3.8) is 0 Å². The number of carbonyl (C=O) groups is 2. The summed E-state index contributed by atoms with van der Waals surface area (Å²) in [6, 6.07) is 28.4. The van der Waals surface area contributed by atoms with Crippen molar-refractivity contribution in [1.82, 2.24) is 0 Å². The molecular weight excluding hydrogens is 448 g/mol. The molecule has 0 amide bonds. The first-order valence-corrected chi connectivity index (χ1v) is 11.2. The lowest BCUT2D eigenvalue weighted by atomic mass is 10.1. The third-order valence-corrected chi connectivity index (χ3v) is 5.07. The molecule has 4 aromatic carbocycles. The van der Waals surface area contributed by atoms with Crippen LogP contribution >= 0.6 is 0 Å². The molecule has 8 N–H and O–H groups in total. The highest BCUT2D eigenvalue weighted by molar-refractivity contribution is 6.07. The number of ketones is 2. The minimum absolute atomic E-state index is 0.0579. The van der Waals surface area contributed by atoms with Gasteiger partial charge in [0.1, 0.15) is 0 Å². The van der Waals surface area contributed by atoms with Gasteiger partial charge in [0.2, 0.25) is 0 Å². The third-order valence-electron chi connectivity index (χ3n) is 5.07. The van der Waals surface area contributed by atoms with Crippen molar-refractivity contribution >= 4 is 46.5 Å². The molecule has 0 saturated carbocycles. The molecule has 6 heteroatoms. The van der Waals surface area contributed by atoms with E-state index in [1.807, 2.05) is 36.4 Å². The van der Waals surface area contributed by atoms with E-state index in [2.05, 4.69) is 0 Å². The van der Waals surface area contributed by atoms with Crippen LogP contribution in [0.1, 0.15) is 31.8 Å². The molecule has 0 aliphatic rings. The lowest BCUT2D eigenvalue weighted by molar-refractivity contribution is 0.103. The number of carbonyl (C=O) groups excluding carboxylic acids is 2. The lowest BCUT2D eigenvalue weighted by Gasteiger charge is -1.98. The molecular formula is C30H28N4O2. The van der Waals surface area contributed by atoms with E-state index in [9.17, 15) is 9.59 Å². The van der Waals surface area contributed by atoms with Crippen LogP contribution in [0.15, 0.2) is 109 Å². The van der Waals surface area contributed by atoms with Gasteiger partial charge in [0, 0.05) is 33.9 Å². The van der Waals surface area contributed by atoms with Gasteiger partial charge in [0.15, 0.2) is 11.6 Å². The number of hydrogen-bond donors (Lipinski definition) is 4. The molecule has 0 saturated heterocycles. The Balaban J connectivity index is 0.000000201. The summed E-state index contributed by atoms with van der Waals surface area (Å²) in [5.41, 5.74) is 28.1. The molecule has 0 aromatic heterocycles. The fourth-order valence-electron chi connectivity index (χ4n) is 3.16. The van der Waals surface area contributed by atoms with E-state index in [-0.39, 0.29) is 11.6 Å². The second-order valence-electron chi connectivity index (χ2n) is 7.98. The summed E-state index contributed by atoms with van der Waals surface area (Å²) in [5.74, 6) is -0.116. The van der Waals surface area contributed by atoms with Crippen LogP contribution in [0.4, 0.5) is 22.7 Å². The van der Waals surface area contributed by atoms with Gasteiger partial charge in [0.25, 0.3) is 0 Å². The molecule has 36 heavy (non-hydrogen) atoms. The Morgan fingerprint density at radius 2 is 0.833 bits per heavy atom. The van der Waals surface area contributed by atoms with Crippen molar-refractivity contribution in [1.29, 1.82) is 0 Å². The Morgan fingerprint density at radius 3 is 1.17 bits per heavy atom. The maximum atomic E-state index is 11.9. The van der Waals surface area contributed by atoms with Crippen molar-refractivity contribution in [2.24, 2.45) is 0 Å². The largest absolute Gasteiger partial charge is 0.399 e. The molecule has 0 atom stereocenters. The van der Waals surface area contributed by atoms with Gasteiger partial charge in [-0.3, -0.25) is 9.59 Å². The first-order chi connectivity index (χ1) is 17.3. The number of rotatable bonds is 6. The number of anilines is 4. The van der Waals surface area contributed by atoms with Crippen molar-refractivity contribution in [2.75, 3.05) is 22.9 Å². The third kappa shape index (κ3) is 8.04. The van der Waals surface area contributed by atoms with Crippen LogP contribution in [0.2, 0.25) is 0 Å². The standard InChI is InChI=1S/2C15H14N2O/c2*16-13-7-5-12(6-8-13)15(18)9-4-11-2-1-3-14(17)10-11/h2*1-10H,16-17H2. The number of hydrogen-bond acceptors (Lipinski definition) is 6. The Morgan fingerprint density at radius 1 is 0.472 bits per heavy atom. The van der Waals surface area contributed by atoms with Gasteiger partial charge in [-0.2, -0.15) is 0 Å². The van der Waals surface area contributed by atoms with Crippen LogP contribution in [0.5, 0.6) is 0 Å². The SMILES string of the molecule is Nc1ccc(C(=O)C=Cc2cccc(N)c2)cc1.Nc1ccc(C(=O)C=Cc2cccc(N)c2)cc1. The molecule has 0 radical (unpaired) electrons. The topological polar surface area (TPSA) is 138 Å². The zero-order valence-corrected chi connectivity index (χ0v) is 19.7. The van der Waals surface area contributed by atoms with E-state index >= 15 is 0 Å². The van der Waals surface area contributed by atoms with Crippen molar-refractivity contribution in [2.45, 2.75) is 0 Å². The van der Waals surface area contributed by atoms with Crippen LogP contribution in [0.3, 0.4) is 0 Å². The second-order valence-corrected chi connectivity index (χ2v) is 7.98. The Hall–Kier alpha value is -5.10. The van der Waals surface area contributed by atoms with Gasteiger partial charge in [-0.25, -0.2) is 0 Å². The highest BCUT2D eigenvalue weighted by Crippen LogP contribution is 2.12. The number of nitrogen functional groups attached to an aromatic ring is 4. The monoisotopic (exact) mass is 476 g/mol. The fraction of sp³-hybridized carbons (Fsp3) is 0. The van der Waals surface area contributed by atoms with Gasteiger partial charge < -0.3 is 22.9 Å². The molecule has 6 nitrogen and oxygen atoms in total. The highest BCUT2D eigenvalue weighted by atomic mass is 16.1. The van der Waals surface area contributed by atoms with Gasteiger partial charge in [0.05, 0.1) is 0 Å². The van der Waals surface area contributed by atoms with E-state index in [0.29, 0.717) is 33.9 Å². The Labute approximate surface area is 210 Å². The van der Waals surface area contributed by atoms with Crippen molar-refractivity contribution in [3.8, 4) is 0 Å². The van der Waals surface area contributed by atoms with Crippen molar-refractivity contribution < 1.29 is 9.59 Å². The summed E-state index contributed by atoms with van der Waals surface area (Å²) < 4.78 is 0. The fourth-order valence-corrected chi connectivity index (χ4v) is 3.16. The molecule has 4 rings (SSSR count). The molecule has 4 aromatic rings. The minimum Gasteiger partial charge on any atom is -0.399 e. The molecule has 0 bridgehead atoms. The Kier molecular flexibility index (Phi) is 8.78. The van der Waals surface area contributed by atoms with Crippen LogP contribution in [-0.4, -0.2) is 11.6 Å². The summed E-state index contributed by atoms with van der Waals surface area (Å²) in [6.45, 7) is 0. The van der Waals surface area contributed by atoms with Gasteiger partial charge >= 0.3 is 0 Å². The maximum absolute atomic E-state index is 11.9. The average molecular weight is 477 g/mol. The molecule has 0 spiro atoms. The van der Waals surface area contributed by atoms with Crippen LogP contribution in [0.25, 0.3) is 12.2 Å². The summed E-state index contributed by atoms with van der Waals surface area (Å²) in [5, 5.41) is 0. The van der Waals surface area contributed by atoms with E-state index in [4.69, 9.17) is 22.9 Å². The normalized spacial score (nSPS) is 10.7. The summed E-state index contributed by atoms with van der Waals surface area (Å²) in [7, 11) is 0. The van der Waals surface area contributed by atoms with E-state index in [1.165, 1.54) is 12.2 Å². The average Bonchev–Trinajstić information content (AvgIpc) is 2.87. The summed E-state index contributed by atoms with van der Waals surface area (Å²) in [4.78, 5) is 23.7. The number of nitrogens with two attached hydrogens (primary N) is 4. The predicted molar refractivity (Wildman–Crippen MR) is 150 cm³/mol. The quantitative estimate of drug-likeness (QED) is 0.165. The lowest BCUT2D eigenvalue weighted by Crippen LogP contribution is -1.94. The molecule has 0 heterocycles. The molecule has 0 aliphatic carbocycles. The second kappa shape index (κ2) is 12.4. The Bertz CT molecular complexity index is 1280. The number of benzene rings is 4. The predicted octanol–water partition coefficient (Wildman–Crippen LogP) is 5.49. The highest BCUT2D eigenvalue weighted by Gasteiger charge is 2.01. The zero-order chi connectivity index (χ0) is 25.9. The van der Waals surface area contributed by atoms with Gasteiger partial charge in [-0.1, -0.05) is 36.4 Å². The van der Waals surface area contributed by atoms with Gasteiger partial charge in [-0.15, -0.1) is 0 Å². The van der Waals surface area contributed by atoms with Gasteiger partial charge in [-0.05, 0) is 96.1 Å². The summed E-state index contributed by atoms with van der Waals surface area (Å²) in [6.07, 6.45) is 6.55. The van der Waals surface area contributed by atoms with E-state index in [0.717, 1.165) is 11.1 Å². The maximum Gasteiger partial charge on any atom is 0.185 e. The van der Waals surface area contributed by atoms with Crippen molar-refractivity contribution in [3.05, 3.63) is 131 Å².